The second kappa shape index (κ2) is 18.3. The molecule has 12 aromatic carbocycles. The van der Waals surface area contributed by atoms with Crippen molar-refractivity contribution in [3.8, 4) is 11.1 Å². The molecule has 378 valence electrons. The molecular formula is C75H56N2O2. The number of furan rings is 2. The maximum atomic E-state index is 6.47. The van der Waals surface area contributed by atoms with Crippen molar-refractivity contribution in [2.75, 3.05) is 9.80 Å². The first-order valence-corrected chi connectivity index (χ1v) is 27.7. The van der Waals surface area contributed by atoms with Gasteiger partial charge in [0, 0.05) is 55.1 Å². The molecule has 0 radical (unpaired) electrons. The van der Waals surface area contributed by atoms with E-state index in [-0.39, 0.29) is 0 Å². The molecule has 2 heterocycles. The van der Waals surface area contributed by atoms with Gasteiger partial charge >= 0.3 is 0 Å². The molecule has 14 aromatic rings. The highest BCUT2D eigenvalue weighted by Gasteiger charge is 2.49. The van der Waals surface area contributed by atoms with Gasteiger partial charge in [-0.05, 0) is 152 Å². The van der Waals surface area contributed by atoms with Gasteiger partial charge in [0.15, 0.2) is 0 Å². The minimum atomic E-state index is -0.791. The van der Waals surface area contributed by atoms with Crippen LogP contribution in [0.1, 0.15) is 72.9 Å². The van der Waals surface area contributed by atoms with E-state index in [0.717, 1.165) is 88.8 Å². The molecule has 2 aromatic heterocycles. The summed E-state index contributed by atoms with van der Waals surface area (Å²) in [6.45, 7) is 9.05. The van der Waals surface area contributed by atoms with E-state index in [9.17, 15) is 0 Å². The summed E-state index contributed by atoms with van der Waals surface area (Å²) in [4.78, 5) is 4.97. The predicted molar refractivity (Wildman–Crippen MR) is 331 cm³/mol. The van der Waals surface area contributed by atoms with Crippen LogP contribution in [0.25, 0.3) is 76.5 Å². The second-order valence-corrected chi connectivity index (χ2v) is 21.9. The summed E-state index contributed by atoms with van der Waals surface area (Å²) in [5.74, 6) is 0.771. The number of rotatable bonds is 10. The van der Waals surface area contributed by atoms with Crippen molar-refractivity contribution >= 4 is 99.5 Å². The van der Waals surface area contributed by atoms with E-state index in [2.05, 4.69) is 280 Å². The Morgan fingerprint density at radius 2 is 0.620 bits per heavy atom. The first-order chi connectivity index (χ1) is 38.8. The van der Waals surface area contributed by atoms with Crippen molar-refractivity contribution in [3.63, 3.8) is 0 Å². The third kappa shape index (κ3) is 7.21. The Morgan fingerprint density at radius 3 is 1.01 bits per heavy atom. The monoisotopic (exact) mass is 1020 g/mol. The number of benzene rings is 12. The number of para-hydroxylation sites is 2. The molecule has 0 bridgehead atoms. The molecule has 79 heavy (non-hydrogen) atoms. The average molecular weight is 1020 g/mol. The lowest BCUT2D eigenvalue weighted by Crippen LogP contribution is -2.29. The molecule has 0 saturated heterocycles. The molecule has 0 atom stereocenters. The van der Waals surface area contributed by atoms with Gasteiger partial charge in [-0.3, -0.25) is 0 Å². The zero-order valence-electron chi connectivity index (χ0n) is 44.6. The molecule has 4 heteroatoms. The van der Waals surface area contributed by atoms with Crippen LogP contribution in [-0.2, 0) is 5.41 Å². The molecule has 15 rings (SSSR count). The smallest absolute Gasteiger partial charge is 0.135 e. The molecule has 0 spiro atoms. The van der Waals surface area contributed by atoms with Crippen LogP contribution < -0.4 is 9.80 Å². The Hall–Kier alpha value is -9.64. The lowest BCUT2D eigenvalue weighted by atomic mass is 9.67. The summed E-state index contributed by atoms with van der Waals surface area (Å²) in [6, 6.07) is 94.3. The fourth-order valence-electron chi connectivity index (χ4n) is 13.1. The van der Waals surface area contributed by atoms with Gasteiger partial charge in [-0.1, -0.05) is 198 Å². The average Bonchev–Trinajstić information content (AvgIpc) is 3.12. The number of hydrogen-bond acceptors (Lipinski definition) is 4. The third-order valence-corrected chi connectivity index (χ3v) is 16.9. The SMILES string of the molecule is CC(C)c1ccc(N(c2ccc3oc4ccccc4c3c2)c2cc3c(c4ccccc24)-c2c(cc(N(c4ccc(C(C)C)cc4)c4ccc5oc6ccccc6c5c4)c4ccccc24)C3(c2ccccc2)c2ccccc2)cc1. The minimum Gasteiger partial charge on any atom is -0.456 e. The van der Waals surface area contributed by atoms with Gasteiger partial charge in [-0.2, -0.15) is 0 Å². The second-order valence-electron chi connectivity index (χ2n) is 21.9. The lowest BCUT2D eigenvalue weighted by Gasteiger charge is -2.36. The van der Waals surface area contributed by atoms with E-state index >= 15 is 0 Å². The first kappa shape index (κ1) is 46.6. The minimum absolute atomic E-state index is 0.385. The molecular weight excluding hydrogens is 961 g/mol. The van der Waals surface area contributed by atoms with Crippen molar-refractivity contribution < 1.29 is 8.83 Å². The Kier molecular flexibility index (Phi) is 10.8. The molecule has 0 saturated carbocycles. The van der Waals surface area contributed by atoms with Crippen molar-refractivity contribution in [1.82, 2.24) is 0 Å². The summed E-state index contributed by atoms with van der Waals surface area (Å²) < 4.78 is 12.9. The highest BCUT2D eigenvalue weighted by Crippen LogP contribution is 2.63. The lowest BCUT2D eigenvalue weighted by molar-refractivity contribution is 0.668. The molecule has 0 unspecified atom stereocenters. The molecule has 0 N–H and O–H groups in total. The number of fused-ring (bicyclic) bond motifs is 13. The highest BCUT2D eigenvalue weighted by atomic mass is 16.3. The topological polar surface area (TPSA) is 32.8 Å². The number of nitrogens with zero attached hydrogens (tertiary/aromatic N) is 2. The quantitative estimate of drug-likeness (QED) is 0.137. The number of anilines is 6. The van der Waals surface area contributed by atoms with Crippen LogP contribution in [0, 0.1) is 0 Å². The standard InChI is InChI=1S/C75H56N2O2/c1-47(2)49-31-35-53(36-32-49)76(55-39-41-71-63(43-55)59-25-15-17-29-69(59)78-71)67-45-65-73(61-27-13-11-23-57(61)67)74-62-28-14-12-24-58(62)68(46-66(74)75(65,51-19-7-5-8-20-51)52-21-9-6-10-22-52)77(54-37-33-50(34-38-54)48(3)4)56-40-42-72-64(44-56)60-26-16-18-30-70(60)79-72/h5-48H,1-4H3. The van der Waals surface area contributed by atoms with Gasteiger partial charge in [0.1, 0.15) is 22.3 Å². The summed E-state index contributed by atoms with van der Waals surface area (Å²) in [5.41, 5.74) is 19.1. The van der Waals surface area contributed by atoms with Crippen LogP contribution in [0.2, 0.25) is 0 Å². The largest absolute Gasteiger partial charge is 0.456 e. The maximum absolute atomic E-state index is 6.47. The molecule has 0 aliphatic heterocycles. The predicted octanol–water partition coefficient (Wildman–Crippen LogP) is 21.3. The summed E-state index contributed by atoms with van der Waals surface area (Å²) >= 11 is 0. The molecule has 0 fully saturated rings. The number of hydrogen-bond donors (Lipinski definition) is 0. The maximum Gasteiger partial charge on any atom is 0.135 e. The summed E-state index contributed by atoms with van der Waals surface area (Å²) in [6.07, 6.45) is 0. The summed E-state index contributed by atoms with van der Waals surface area (Å²) in [5, 5.41) is 9.08. The van der Waals surface area contributed by atoms with Gasteiger partial charge in [-0.15, -0.1) is 0 Å². The van der Waals surface area contributed by atoms with E-state index in [1.807, 2.05) is 12.1 Å². The van der Waals surface area contributed by atoms with E-state index < -0.39 is 5.41 Å². The molecule has 1 aliphatic carbocycles. The van der Waals surface area contributed by atoms with Crippen LogP contribution >= 0.6 is 0 Å². The van der Waals surface area contributed by atoms with Gasteiger partial charge in [-0.25, -0.2) is 0 Å². The zero-order chi connectivity index (χ0) is 52.9. The van der Waals surface area contributed by atoms with Crippen LogP contribution in [0.5, 0.6) is 0 Å². The fourth-order valence-corrected chi connectivity index (χ4v) is 13.1. The first-order valence-electron chi connectivity index (χ1n) is 27.7. The van der Waals surface area contributed by atoms with Crippen LogP contribution in [0.15, 0.2) is 264 Å². The Bertz CT molecular complexity index is 4360. The van der Waals surface area contributed by atoms with Gasteiger partial charge in [0.05, 0.1) is 16.8 Å². The van der Waals surface area contributed by atoms with Crippen molar-refractivity contribution in [2.24, 2.45) is 0 Å². The normalized spacial score (nSPS) is 12.9. The Morgan fingerprint density at radius 1 is 0.291 bits per heavy atom. The fraction of sp³-hybridized carbons (Fsp3) is 0.0933. The zero-order valence-corrected chi connectivity index (χ0v) is 44.6. The van der Waals surface area contributed by atoms with Crippen LogP contribution in [0.4, 0.5) is 34.1 Å². The Labute approximate surface area is 460 Å². The van der Waals surface area contributed by atoms with E-state index in [0.29, 0.717) is 11.8 Å². The summed E-state index contributed by atoms with van der Waals surface area (Å²) in [7, 11) is 0. The van der Waals surface area contributed by atoms with E-state index in [1.165, 1.54) is 55.3 Å². The molecule has 1 aliphatic rings. The van der Waals surface area contributed by atoms with Gasteiger partial charge in [0.2, 0.25) is 0 Å². The Balaban J connectivity index is 1.07. The van der Waals surface area contributed by atoms with Crippen molar-refractivity contribution in [1.29, 1.82) is 0 Å². The van der Waals surface area contributed by atoms with E-state index in [1.54, 1.807) is 0 Å². The molecule has 4 nitrogen and oxygen atoms in total. The van der Waals surface area contributed by atoms with Crippen molar-refractivity contribution in [2.45, 2.75) is 44.9 Å². The van der Waals surface area contributed by atoms with Gasteiger partial charge in [0.25, 0.3) is 0 Å². The van der Waals surface area contributed by atoms with E-state index in [4.69, 9.17) is 8.83 Å². The third-order valence-electron chi connectivity index (χ3n) is 16.9. The molecule has 0 amide bonds. The highest BCUT2D eigenvalue weighted by molar-refractivity contribution is 6.19. The van der Waals surface area contributed by atoms with Crippen LogP contribution in [0.3, 0.4) is 0 Å². The van der Waals surface area contributed by atoms with Crippen molar-refractivity contribution in [3.05, 3.63) is 288 Å². The van der Waals surface area contributed by atoms with Crippen LogP contribution in [-0.4, -0.2) is 0 Å². The van der Waals surface area contributed by atoms with Gasteiger partial charge < -0.3 is 18.6 Å².